The van der Waals surface area contributed by atoms with Crippen LogP contribution in [0.1, 0.15) is 25.3 Å². The molecule has 86 valence electrons. The van der Waals surface area contributed by atoms with Gasteiger partial charge in [0.05, 0.1) is 0 Å². The van der Waals surface area contributed by atoms with Gasteiger partial charge >= 0.3 is 0 Å². The minimum absolute atomic E-state index is 0.301. The van der Waals surface area contributed by atoms with E-state index in [1.54, 1.807) is 18.4 Å². The van der Waals surface area contributed by atoms with Gasteiger partial charge in [0.2, 0.25) is 0 Å². The van der Waals surface area contributed by atoms with Crippen molar-refractivity contribution in [2.45, 2.75) is 32.2 Å². The van der Waals surface area contributed by atoms with Gasteiger partial charge in [0.1, 0.15) is 0 Å². The van der Waals surface area contributed by atoms with Crippen LogP contribution in [-0.2, 0) is 11.2 Å². The SMILES string of the molecule is COCC(C)CC(N)CCc1ccsc1. The first-order chi connectivity index (χ1) is 7.22. The van der Waals surface area contributed by atoms with Crippen LogP contribution in [0.15, 0.2) is 16.8 Å². The van der Waals surface area contributed by atoms with Gasteiger partial charge in [0, 0.05) is 19.8 Å². The number of hydrogen-bond acceptors (Lipinski definition) is 3. The Morgan fingerprint density at radius 1 is 1.53 bits per heavy atom. The Balaban J connectivity index is 2.15. The van der Waals surface area contributed by atoms with Crippen molar-refractivity contribution < 1.29 is 4.74 Å². The van der Waals surface area contributed by atoms with E-state index >= 15 is 0 Å². The molecule has 0 fully saturated rings. The minimum atomic E-state index is 0.301. The molecule has 0 saturated carbocycles. The lowest BCUT2D eigenvalue weighted by Gasteiger charge is -2.16. The third-order valence-corrected chi connectivity index (χ3v) is 3.27. The summed E-state index contributed by atoms with van der Waals surface area (Å²) in [6, 6.07) is 2.48. The van der Waals surface area contributed by atoms with Crippen LogP contribution in [0.4, 0.5) is 0 Å². The summed E-state index contributed by atoms with van der Waals surface area (Å²) in [6.07, 6.45) is 3.23. The molecule has 1 rings (SSSR count). The van der Waals surface area contributed by atoms with Crippen LogP contribution in [0, 0.1) is 5.92 Å². The van der Waals surface area contributed by atoms with Crippen molar-refractivity contribution in [3.8, 4) is 0 Å². The number of rotatable bonds is 7. The van der Waals surface area contributed by atoms with Crippen LogP contribution >= 0.6 is 11.3 Å². The number of nitrogens with two attached hydrogens (primary N) is 1. The summed E-state index contributed by atoms with van der Waals surface area (Å²) in [7, 11) is 1.74. The van der Waals surface area contributed by atoms with E-state index in [1.807, 2.05) is 0 Å². The monoisotopic (exact) mass is 227 g/mol. The average molecular weight is 227 g/mol. The normalized spacial score (nSPS) is 15.1. The lowest BCUT2D eigenvalue weighted by atomic mass is 9.98. The van der Waals surface area contributed by atoms with E-state index in [9.17, 15) is 0 Å². The van der Waals surface area contributed by atoms with Gasteiger partial charge in [0.15, 0.2) is 0 Å². The lowest BCUT2D eigenvalue weighted by molar-refractivity contribution is 0.151. The van der Waals surface area contributed by atoms with E-state index in [2.05, 4.69) is 23.8 Å². The molecule has 1 aromatic heterocycles. The highest BCUT2D eigenvalue weighted by molar-refractivity contribution is 7.07. The van der Waals surface area contributed by atoms with E-state index < -0.39 is 0 Å². The standard InChI is InChI=1S/C12H21NOS/c1-10(8-14-2)7-12(13)4-3-11-5-6-15-9-11/h5-6,9-10,12H,3-4,7-8,13H2,1-2H3. The zero-order chi connectivity index (χ0) is 11.1. The molecule has 0 bridgehead atoms. The van der Waals surface area contributed by atoms with E-state index in [-0.39, 0.29) is 0 Å². The molecule has 3 heteroatoms. The zero-order valence-electron chi connectivity index (χ0n) is 9.61. The molecule has 1 heterocycles. The number of ether oxygens (including phenoxy) is 1. The van der Waals surface area contributed by atoms with Crippen molar-refractivity contribution in [3.63, 3.8) is 0 Å². The van der Waals surface area contributed by atoms with Gasteiger partial charge < -0.3 is 10.5 Å². The highest BCUT2D eigenvalue weighted by Crippen LogP contribution is 2.13. The highest BCUT2D eigenvalue weighted by Gasteiger charge is 2.09. The van der Waals surface area contributed by atoms with Gasteiger partial charge in [0.25, 0.3) is 0 Å². The molecule has 0 amide bonds. The molecular formula is C12H21NOS. The number of aryl methyl sites for hydroxylation is 1. The fourth-order valence-corrected chi connectivity index (χ4v) is 2.48. The largest absolute Gasteiger partial charge is 0.384 e. The highest BCUT2D eigenvalue weighted by atomic mass is 32.1. The van der Waals surface area contributed by atoms with Crippen molar-refractivity contribution in [1.29, 1.82) is 0 Å². The smallest absolute Gasteiger partial charge is 0.0488 e. The maximum absolute atomic E-state index is 6.07. The molecular weight excluding hydrogens is 206 g/mol. The molecule has 0 radical (unpaired) electrons. The van der Waals surface area contributed by atoms with Crippen LogP contribution in [0.2, 0.25) is 0 Å². The Kier molecular flexibility index (Phi) is 5.91. The van der Waals surface area contributed by atoms with Crippen molar-refractivity contribution >= 4 is 11.3 Å². The number of methoxy groups -OCH3 is 1. The molecule has 2 N–H and O–H groups in total. The topological polar surface area (TPSA) is 35.2 Å². The Morgan fingerprint density at radius 2 is 2.33 bits per heavy atom. The van der Waals surface area contributed by atoms with Gasteiger partial charge in [-0.05, 0) is 47.6 Å². The first-order valence-corrected chi connectivity index (χ1v) is 6.42. The predicted molar refractivity (Wildman–Crippen MR) is 66.3 cm³/mol. The molecule has 0 saturated heterocycles. The van der Waals surface area contributed by atoms with Crippen molar-refractivity contribution in [2.24, 2.45) is 11.7 Å². The van der Waals surface area contributed by atoms with Gasteiger partial charge in [-0.1, -0.05) is 6.92 Å². The summed E-state index contributed by atoms with van der Waals surface area (Å²) in [5, 5.41) is 4.32. The molecule has 2 unspecified atom stereocenters. The maximum Gasteiger partial charge on any atom is 0.0488 e. The first-order valence-electron chi connectivity index (χ1n) is 5.48. The predicted octanol–water partition coefficient (Wildman–Crippen LogP) is 2.68. The minimum Gasteiger partial charge on any atom is -0.384 e. The molecule has 0 aliphatic carbocycles. The summed E-state index contributed by atoms with van der Waals surface area (Å²) in [5.74, 6) is 0.562. The third-order valence-electron chi connectivity index (χ3n) is 2.54. The molecule has 2 atom stereocenters. The summed E-state index contributed by atoms with van der Waals surface area (Å²) < 4.78 is 5.10. The van der Waals surface area contributed by atoms with Gasteiger partial charge in [-0.25, -0.2) is 0 Å². The molecule has 0 aliphatic rings. The van der Waals surface area contributed by atoms with Crippen LogP contribution in [-0.4, -0.2) is 19.8 Å². The summed E-state index contributed by atoms with van der Waals surface area (Å²) in [5.41, 5.74) is 7.48. The summed E-state index contributed by atoms with van der Waals surface area (Å²) >= 11 is 1.75. The maximum atomic E-state index is 6.07. The van der Waals surface area contributed by atoms with Gasteiger partial charge in [-0.2, -0.15) is 11.3 Å². The van der Waals surface area contributed by atoms with Crippen LogP contribution in [0.5, 0.6) is 0 Å². The Bertz CT molecular complexity index is 248. The van der Waals surface area contributed by atoms with Crippen molar-refractivity contribution in [2.75, 3.05) is 13.7 Å². The first kappa shape index (κ1) is 12.7. The molecule has 1 aromatic rings. The molecule has 0 aromatic carbocycles. The number of thiophene rings is 1. The second kappa shape index (κ2) is 6.99. The van der Waals surface area contributed by atoms with E-state index in [4.69, 9.17) is 10.5 Å². The Hall–Kier alpha value is -0.380. The van der Waals surface area contributed by atoms with E-state index in [0.717, 1.165) is 25.9 Å². The molecule has 15 heavy (non-hydrogen) atoms. The Labute approximate surface area is 96.4 Å². The summed E-state index contributed by atoms with van der Waals surface area (Å²) in [4.78, 5) is 0. The van der Waals surface area contributed by atoms with E-state index in [1.165, 1.54) is 5.56 Å². The van der Waals surface area contributed by atoms with Crippen molar-refractivity contribution in [1.82, 2.24) is 0 Å². The fraction of sp³-hybridized carbons (Fsp3) is 0.667. The second-order valence-electron chi connectivity index (χ2n) is 4.23. The van der Waals surface area contributed by atoms with Crippen molar-refractivity contribution in [3.05, 3.63) is 22.4 Å². The average Bonchev–Trinajstić information content (AvgIpc) is 2.67. The third kappa shape index (κ3) is 5.30. The second-order valence-corrected chi connectivity index (χ2v) is 5.01. The molecule has 2 nitrogen and oxygen atoms in total. The molecule has 0 spiro atoms. The van der Waals surface area contributed by atoms with Crippen LogP contribution in [0.25, 0.3) is 0 Å². The zero-order valence-corrected chi connectivity index (χ0v) is 10.4. The van der Waals surface area contributed by atoms with Gasteiger partial charge in [-0.3, -0.25) is 0 Å². The van der Waals surface area contributed by atoms with Crippen LogP contribution < -0.4 is 5.73 Å². The summed E-state index contributed by atoms with van der Waals surface area (Å²) in [6.45, 7) is 3.00. The molecule has 0 aliphatic heterocycles. The van der Waals surface area contributed by atoms with Gasteiger partial charge in [-0.15, -0.1) is 0 Å². The Morgan fingerprint density at radius 3 is 2.93 bits per heavy atom. The van der Waals surface area contributed by atoms with Crippen LogP contribution in [0.3, 0.4) is 0 Å². The van der Waals surface area contributed by atoms with E-state index in [0.29, 0.717) is 12.0 Å². The fourth-order valence-electron chi connectivity index (χ4n) is 1.77. The number of hydrogen-bond donors (Lipinski definition) is 1. The quantitative estimate of drug-likeness (QED) is 0.777. The lowest BCUT2D eigenvalue weighted by Crippen LogP contribution is -2.24.